The van der Waals surface area contributed by atoms with Crippen molar-refractivity contribution in [3.05, 3.63) is 48.6 Å². The zero-order valence-electron chi connectivity index (χ0n) is 9.86. The molecule has 1 rings (SSSR count). The third-order valence-corrected chi connectivity index (χ3v) is 3.89. The van der Waals surface area contributed by atoms with Gasteiger partial charge in [0.25, 0.3) is 0 Å². The molecule has 0 aliphatic carbocycles. The summed E-state index contributed by atoms with van der Waals surface area (Å²) in [5.41, 5.74) is 0.878. The van der Waals surface area contributed by atoms with Crippen LogP contribution in [-0.4, -0.2) is 16.5 Å². The van der Waals surface area contributed by atoms with Crippen molar-refractivity contribution in [1.29, 1.82) is 0 Å². The average Bonchev–Trinajstić information content (AvgIpc) is 2.31. The first-order chi connectivity index (χ1) is 7.54. The summed E-state index contributed by atoms with van der Waals surface area (Å²) in [6, 6.07) is 10.1. The van der Waals surface area contributed by atoms with Crippen LogP contribution in [0.1, 0.15) is 19.4 Å². The molecule has 1 nitrogen and oxygen atoms in total. The molecule has 0 aliphatic heterocycles. The summed E-state index contributed by atoms with van der Waals surface area (Å²) in [5.74, 6) is 0.0650. The minimum absolute atomic E-state index is 0.0650. The standard InChI is InChI=1S/C14H19BrO/c1-4-11(10-15)13(16)14(2,3)12-8-6-5-7-9-12/h4-9,11,13,16H,1,10H2,2-3H3/t11-,13-/m1/s1. The number of aliphatic hydroxyl groups excluding tert-OH is 1. The zero-order chi connectivity index (χ0) is 12.2. The highest BCUT2D eigenvalue weighted by Crippen LogP contribution is 2.31. The topological polar surface area (TPSA) is 20.2 Å². The number of halogens is 1. The van der Waals surface area contributed by atoms with E-state index >= 15 is 0 Å². The fourth-order valence-electron chi connectivity index (χ4n) is 1.85. The molecular formula is C14H19BrO. The van der Waals surface area contributed by atoms with Gasteiger partial charge in [0.05, 0.1) is 6.10 Å². The number of benzene rings is 1. The Labute approximate surface area is 106 Å². The number of rotatable bonds is 5. The van der Waals surface area contributed by atoms with Crippen molar-refractivity contribution in [3.8, 4) is 0 Å². The predicted molar refractivity (Wildman–Crippen MR) is 73.0 cm³/mol. The molecule has 0 heterocycles. The lowest BCUT2D eigenvalue weighted by atomic mass is 9.75. The first-order valence-electron chi connectivity index (χ1n) is 5.46. The second-order valence-electron chi connectivity index (χ2n) is 4.59. The lowest BCUT2D eigenvalue weighted by Gasteiger charge is -2.34. The minimum Gasteiger partial charge on any atom is -0.392 e. The monoisotopic (exact) mass is 282 g/mol. The third kappa shape index (κ3) is 2.74. The fourth-order valence-corrected chi connectivity index (χ4v) is 2.47. The van der Waals surface area contributed by atoms with Gasteiger partial charge in [0, 0.05) is 16.7 Å². The van der Waals surface area contributed by atoms with Gasteiger partial charge in [-0.1, -0.05) is 66.2 Å². The highest BCUT2D eigenvalue weighted by Gasteiger charge is 2.33. The number of hydrogen-bond donors (Lipinski definition) is 1. The first kappa shape index (κ1) is 13.5. The van der Waals surface area contributed by atoms with Crippen molar-refractivity contribution >= 4 is 15.9 Å². The normalized spacial score (nSPS) is 15.5. The van der Waals surface area contributed by atoms with Crippen LogP contribution in [0.2, 0.25) is 0 Å². The van der Waals surface area contributed by atoms with Gasteiger partial charge in [0.1, 0.15) is 0 Å². The Bertz CT molecular complexity index is 332. The van der Waals surface area contributed by atoms with Crippen LogP contribution in [0.4, 0.5) is 0 Å². The van der Waals surface area contributed by atoms with Crippen molar-refractivity contribution in [2.24, 2.45) is 5.92 Å². The summed E-state index contributed by atoms with van der Waals surface area (Å²) in [4.78, 5) is 0. The van der Waals surface area contributed by atoms with Crippen LogP contribution in [-0.2, 0) is 5.41 Å². The number of alkyl halides is 1. The van der Waals surface area contributed by atoms with Crippen molar-refractivity contribution in [2.75, 3.05) is 5.33 Å². The van der Waals surface area contributed by atoms with Crippen LogP contribution in [0.25, 0.3) is 0 Å². The lowest BCUT2D eigenvalue weighted by Crippen LogP contribution is -2.39. The summed E-state index contributed by atoms with van der Waals surface area (Å²) in [6.45, 7) is 7.89. The van der Waals surface area contributed by atoms with Gasteiger partial charge in [0.2, 0.25) is 0 Å². The molecule has 0 fully saturated rings. The van der Waals surface area contributed by atoms with Crippen molar-refractivity contribution in [1.82, 2.24) is 0 Å². The Morgan fingerprint density at radius 1 is 1.38 bits per heavy atom. The second-order valence-corrected chi connectivity index (χ2v) is 5.23. The molecule has 0 amide bonds. The Hall–Kier alpha value is -0.600. The van der Waals surface area contributed by atoms with E-state index in [1.165, 1.54) is 0 Å². The molecular weight excluding hydrogens is 264 g/mol. The highest BCUT2D eigenvalue weighted by molar-refractivity contribution is 9.09. The summed E-state index contributed by atoms with van der Waals surface area (Å²) >= 11 is 3.41. The van der Waals surface area contributed by atoms with Gasteiger partial charge >= 0.3 is 0 Å². The molecule has 88 valence electrons. The largest absolute Gasteiger partial charge is 0.392 e. The molecule has 1 N–H and O–H groups in total. The highest BCUT2D eigenvalue weighted by atomic mass is 79.9. The molecule has 1 aromatic rings. The van der Waals surface area contributed by atoms with Crippen LogP contribution in [0, 0.1) is 5.92 Å². The van der Waals surface area contributed by atoms with E-state index in [1.807, 2.05) is 24.3 Å². The van der Waals surface area contributed by atoms with Gasteiger partial charge in [-0.3, -0.25) is 0 Å². The Kier molecular flexibility index (Phi) is 4.75. The summed E-state index contributed by atoms with van der Waals surface area (Å²) in [7, 11) is 0. The van der Waals surface area contributed by atoms with Gasteiger partial charge < -0.3 is 5.11 Å². The molecule has 0 bridgehead atoms. The quantitative estimate of drug-likeness (QED) is 0.647. The Balaban J connectivity index is 2.97. The molecule has 1 aromatic carbocycles. The van der Waals surface area contributed by atoms with E-state index in [9.17, 15) is 5.11 Å². The van der Waals surface area contributed by atoms with E-state index in [2.05, 4.69) is 48.5 Å². The van der Waals surface area contributed by atoms with E-state index < -0.39 is 6.10 Å². The maximum absolute atomic E-state index is 10.4. The SMILES string of the molecule is C=C[C@H](CBr)[C@@H](O)C(C)(C)c1ccccc1. The Morgan fingerprint density at radius 2 is 1.94 bits per heavy atom. The summed E-state index contributed by atoms with van der Waals surface area (Å²) < 4.78 is 0. The zero-order valence-corrected chi connectivity index (χ0v) is 11.4. The predicted octanol–water partition coefficient (Wildman–Crippen LogP) is 3.52. The summed E-state index contributed by atoms with van der Waals surface area (Å²) in [6.07, 6.45) is 1.37. The van der Waals surface area contributed by atoms with E-state index in [0.29, 0.717) is 0 Å². The van der Waals surface area contributed by atoms with E-state index in [1.54, 1.807) is 0 Å². The van der Waals surface area contributed by atoms with Crippen molar-refractivity contribution in [2.45, 2.75) is 25.4 Å². The van der Waals surface area contributed by atoms with Crippen molar-refractivity contribution < 1.29 is 5.11 Å². The lowest BCUT2D eigenvalue weighted by molar-refractivity contribution is 0.0698. The minimum atomic E-state index is -0.438. The second kappa shape index (κ2) is 5.65. The van der Waals surface area contributed by atoms with Crippen LogP contribution >= 0.6 is 15.9 Å². The molecule has 0 unspecified atom stereocenters. The van der Waals surface area contributed by atoms with Gasteiger partial charge in [-0.05, 0) is 5.56 Å². The molecule has 16 heavy (non-hydrogen) atoms. The molecule has 0 saturated carbocycles. The van der Waals surface area contributed by atoms with E-state index in [4.69, 9.17) is 0 Å². The fraction of sp³-hybridized carbons (Fsp3) is 0.429. The van der Waals surface area contributed by atoms with Gasteiger partial charge in [0.15, 0.2) is 0 Å². The molecule has 0 radical (unpaired) electrons. The molecule has 0 spiro atoms. The first-order valence-corrected chi connectivity index (χ1v) is 6.58. The smallest absolute Gasteiger partial charge is 0.0701 e. The van der Waals surface area contributed by atoms with Gasteiger partial charge in [-0.2, -0.15) is 0 Å². The maximum Gasteiger partial charge on any atom is 0.0701 e. The maximum atomic E-state index is 10.4. The Morgan fingerprint density at radius 3 is 2.38 bits per heavy atom. The van der Waals surface area contributed by atoms with E-state index in [0.717, 1.165) is 10.9 Å². The third-order valence-electron chi connectivity index (χ3n) is 3.14. The van der Waals surface area contributed by atoms with Crippen LogP contribution < -0.4 is 0 Å². The average molecular weight is 283 g/mol. The number of hydrogen-bond acceptors (Lipinski definition) is 1. The van der Waals surface area contributed by atoms with Gasteiger partial charge in [-0.15, -0.1) is 6.58 Å². The molecule has 0 aromatic heterocycles. The molecule has 0 aliphatic rings. The van der Waals surface area contributed by atoms with Crippen molar-refractivity contribution in [3.63, 3.8) is 0 Å². The molecule has 2 atom stereocenters. The summed E-state index contributed by atoms with van der Waals surface area (Å²) in [5, 5.41) is 11.1. The molecule has 0 saturated heterocycles. The number of aliphatic hydroxyl groups is 1. The molecule has 2 heteroatoms. The van der Waals surface area contributed by atoms with Gasteiger partial charge in [-0.25, -0.2) is 0 Å². The van der Waals surface area contributed by atoms with Crippen LogP contribution in [0.3, 0.4) is 0 Å². The van der Waals surface area contributed by atoms with Crippen LogP contribution in [0.5, 0.6) is 0 Å². The van der Waals surface area contributed by atoms with Crippen LogP contribution in [0.15, 0.2) is 43.0 Å². The van der Waals surface area contributed by atoms with E-state index in [-0.39, 0.29) is 11.3 Å².